The molecule has 2 aliphatic carbocycles. The molecule has 0 unspecified atom stereocenters. The molecule has 25 heavy (non-hydrogen) atoms. The molecule has 0 spiro atoms. The van der Waals surface area contributed by atoms with Gasteiger partial charge in [-0.1, -0.05) is 11.6 Å². The Kier molecular flexibility index (Phi) is 4.51. The smallest absolute Gasteiger partial charge is 0.227 e. The highest BCUT2D eigenvalue weighted by molar-refractivity contribution is 5.76. The zero-order valence-corrected chi connectivity index (χ0v) is 14.5. The minimum atomic E-state index is 0.0685. The second-order valence-corrected chi connectivity index (χ2v) is 7.44. The Morgan fingerprint density at radius 2 is 2.16 bits per heavy atom. The first-order valence-corrected chi connectivity index (χ1v) is 9.21. The average Bonchev–Trinajstić information content (AvgIpc) is 3.37. The van der Waals surface area contributed by atoms with E-state index in [0.717, 1.165) is 17.4 Å². The number of amides is 1. The predicted molar refractivity (Wildman–Crippen MR) is 92.4 cm³/mol. The quantitative estimate of drug-likeness (QED) is 0.874. The van der Waals surface area contributed by atoms with Gasteiger partial charge in [-0.2, -0.15) is 4.98 Å². The largest absolute Gasteiger partial charge is 0.353 e. The fourth-order valence-electron chi connectivity index (χ4n) is 4.53. The zero-order valence-electron chi connectivity index (χ0n) is 14.5. The summed E-state index contributed by atoms with van der Waals surface area (Å²) in [4.78, 5) is 20.6. The van der Waals surface area contributed by atoms with E-state index in [2.05, 4.69) is 27.4 Å². The maximum atomic E-state index is 12.3. The second kappa shape index (κ2) is 6.94. The normalized spacial score (nSPS) is 25.9. The Labute approximate surface area is 147 Å². The molecule has 6 heteroatoms. The number of aromatic nitrogens is 3. The lowest BCUT2D eigenvalue weighted by molar-refractivity contribution is -0.122. The van der Waals surface area contributed by atoms with Crippen molar-refractivity contribution in [1.82, 2.24) is 20.4 Å². The monoisotopic (exact) mass is 340 g/mol. The lowest BCUT2D eigenvalue weighted by Crippen LogP contribution is -2.40. The number of nitrogens with one attached hydrogen (secondary N) is 1. The van der Waals surface area contributed by atoms with Gasteiger partial charge in [0.15, 0.2) is 0 Å². The third kappa shape index (κ3) is 3.57. The van der Waals surface area contributed by atoms with Gasteiger partial charge in [-0.3, -0.25) is 9.78 Å². The van der Waals surface area contributed by atoms with Gasteiger partial charge in [-0.15, -0.1) is 0 Å². The first-order chi connectivity index (χ1) is 12.2. The number of pyridine rings is 1. The van der Waals surface area contributed by atoms with Crippen LogP contribution in [0.25, 0.3) is 11.4 Å². The van der Waals surface area contributed by atoms with Crippen LogP contribution in [0, 0.1) is 17.8 Å². The maximum absolute atomic E-state index is 12.3. The Balaban J connectivity index is 1.27. The number of rotatable bonds is 6. The van der Waals surface area contributed by atoms with Crippen molar-refractivity contribution in [1.29, 1.82) is 0 Å². The van der Waals surface area contributed by atoms with Gasteiger partial charge in [0.05, 0.1) is 0 Å². The molecule has 0 aliphatic heterocycles. The summed E-state index contributed by atoms with van der Waals surface area (Å²) in [6.07, 6.45) is 9.60. The van der Waals surface area contributed by atoms with Crippen molar-refractivity contribution in [3.63, 3.8) is 0 Å². The van der Waals surface area contributed by atoms with E-state index in [1.807, 2.05) is 12.1 Å². The van der Waals surface area contributed by atoms with Gasteiger partial charge in [0.25, 0.3) is 0 Å². The first-order valence-electron chi connectivity index (χ1n) is 9.21. The summed E-state index contributed by atoms with van der Waals surface area (Å²) in [6.45, 7) is 2.15. The van der Waals surface area contributed by atoms with Crippen molar-refractivity contribution in [3.8, 4) is 11.4 Å². The van der Waals surface area contributed by atoms with Crippen molar-refractivity contribution >= 4 is 5.91 Å². The van der Waals surface area contributed by atoms with E-state index in [1.54, 1.807) is 12.4 Å². The minimum absolute atomic E-state index is 0.0685. The van der Waals surface area contributed by atoms with Crippen LogP contribution in [0.3, 0.4) is 0 Å². The molecule has 0 radical (unpaired) electrons. The number of hydrogen-bond acceptors (Lipinski definition) is 5. The van der Waals surface area contributed by atoms with Crippen LogP contribution in [0.15, 0.2) is 29.0 Å². The fraction of sp³-hybridized carbons (Fsp3) is 0.579. The van der Waals surface area contributed by atoms with Gasteiger partial charge >= 0.3 is 0 Å². The molecular formula is C19H24N4O2. The standard InChI is InChI=1S/C19H24N4O2/c1-12(16-11-13-2-3-15(16)10-13)21-17(24)4-5-18-22-19(23-25-18)14-6-8-20-9-7-14/h6-9,12-13,15-16H,2-5,10-11H2,1H3,(H,21,24)/t12-,13+,15+,16+/m1/s1. The van der Waals surface area contributed by atoms with E-state index in [0.29, 0.717) is 30.5 Å². The molecule has 2 fully saturated rings. The average molecular weight is 340 g/mol. The van der Waals surface area contributed by atoms with E-state index < -0.39 is 0 Å². The number of hydrogen-bond donors (Lipinski definition) is 1. The van der Waals surface area contributed by atoms with Gasteiger partial charge < -0.3 is 9.84 Å². The van der Waals surface area contributed by atoms with Gasteiger partial charge in [0.2, 0.25) is 17.6 Å². The van der Waals surface area contributed by atoms with Gasteiger partial charge in [0, 0.05) is 36.8 Å². The molecule has 4 rings (SSSR count). The molecule has 1 N–H and O–H groups in total. The van der Waals surface area contributed by atoms with Crippen molar-refractivity contribution in [2.24, 2.45) is 17.8 Å². The van der Waals surface area contributed by atoms with E-state index in [4.69, 9.17) is 4.52 Å². The number of aryl methyl sites for hydroxylation is 1. The highest BCUT2D eigenvalue weighted by Gasteiger charge is 2.42. The van der Waals surface area contributed by atoms with Gasteiger partial charge in [-0.05, 0) is 56.1 Å². The lowest BCUT2D eigenvalue weighted by Gasteiger charge is -2.28. The number of nitrogens with zero attached hydrogens (tertiary/aromatic N) is 3. The summed E-state index contributed by atoms with van der Waals surface area (Å²) in [7, 11) is 0. The first kappa shape index (κ1) is 16.2. The fourth-order valence-corrected chi connectivity index (χ4v) is 4.53. The number of carbonyl (C=O) groups is 1. The maximum Gasteiger partial charge on any atom is 0.227 e. The van der Waals surface area contributed by atoms with Crippen LogP contribution in [-0.4, -0.2) is 27.1 Å². The Bertz CT molecular complexity index is 730. The van der Waals surface area contributed by atoms with Crippen molar-refractivity contribution in [2.75, 3.05) is 0 Å². The second-order valence-electron chi connectivity index (χ2n) is 7.44. The highest BCUT2D eigenvalue weighted by atomic mass is 16.5. The molecule has 4 atom stereocenters. The van der Waals surface area contributed by atoms with Crippen LogP contribution < -0.4 is 5.32 Å². The van der Waals surface area contributed by atoms with Crippen LogP contribution in [0.4, 0.5) is 0 Å². The van der Waals surface area contributed by atoms with Crippen LogP contribution >= 0.6 is 0 Å². The van der Waals surface area contributed by atoms with Crippen molar-refractivity contribution in [2.45, 2.75) is 51.5 Å². The van der Waals surface area contributed by atoms with Crippen molar-refractivity contribution in [3.05, 3.63) is 30.4 Å². The Hall–Kier alpha value is -2.24. The van der Waals surface area contributed by atoms with E-state index in [9.17, 15) is 4.79 Å². The van der Waals surface area contributed by atoms with E-state index in [-0.39, 0.29) is 11.9 Å². The summed E-state index contributed by atoms with van der Waals surface area (Å²) in [5, 5.41) is 7.15. The molecule has 2 bridgehead atoms. The van der Waals surface area contributed by atoms with Crippen LogP contribution in [0.1, 0.15) is 44.9 Å². The highest BCUT2D eigenvalue weighted by Crippen LogP contribution is 2.49. The molecule has 2 aromatic heterocycles. The number of carbonyl (C=O) groups excluding carboxylic acids is 1. The number of fused-ring (bicyclic) bond motifs is 2. The molecule has 0 saturated heterocycles. The Morgan fingerprint density at radius 3 is 2.88 bits per heavy atom. The molecular weight excluding hydrogens is 316 g/mol. The molecule has 2 saturated carbocycles. The third-order valence-corrected chi connectivity index (χ3v) is 5.80. The molecule has 1 amide bonds. The Morgan fingerprint density at radius 1 is 1.32 bits per heavy atom. The topological polar surface area (TPSA) is 80.9 Å². The molecule has 2 aromatic rings. The molecule has 2 heterocycles. The third-order valence-electron chi connectivity index (χ3n) is 5.80. The summed E-state index contributed by atoms with van der Waals surface area (Å²) in [5.74, 6) is 3.48. The molecule has 132 valence electrons. The molecule has 6 nitrogen and oxygen atoms in total. The zero-order chi connectivity index (χ0) is 17.2. The van der Waals surface area contributed by atoms with E-state index in [1.165, 1.54) is 25.7 Å². The summed E-state index contributed by atoms with van der Waals surface area (Å²) in [5.41, 5.74) is 0.861. The van der Waals surface area contributed by atoms with Crippen LogP contribution in [0.5, 0.6) is 0 Å². The van der Waals surface area contributed by atoms with Crippen LogP contribution in [-0.2, 0) is 11.2 Å². The molecule has 2 aliphatic rings. The SMILES string of the molecule is C[C@@H](NC(=O)CCc1nc(-c2ccncc2)no1)[C@@H]1C[C@H]2CC[C@H]1C2. The molecule has 0 aromatic carbocycles. The summed E-state index contributed by atoms with van der Waals surface area (Å²) < 4.78 is 5.25. The summed E-state index contributed by atoms with van der Waals surface area (Å²) in [6, 6.07) is 3.93. The van der Waals surface area contributed by atoms with Gasteiger partial charge in [-0.25, -0.2) is 0 Å². The summed E-state index contributed by atoms with van der Waals surface area (Å²) >= 11 is 0. The van der Waals surface area contributed by atoms with Gasteiger partial charge in [0.1, 0.15) is 0 Å². The predicted octanol–water partition coefficient (Wildman–Crippen LogP) is 3.01. The lowest BCUT2D eigenvalue weighted by atomic mass is 9.84. The van der Waals surface area contributed by atoms with Crippen molar-refractivity contribution < 1.29 is 9.32 Å². The van der Waals surface area contributed by atoms with E-state index >= 15 is 0 Å². The minimum Gasteiger partial charge on any atom is -0.353 e. The van der Waals surface area contributed by atoms with Crippen LogP contribution in [0.2, 0.25) is 0 Å².